The van der Waals surface area contributed by atoms with Crippen LogP contribution < -0.4 is 57.4 Å². The molecule has 8 heterocycles. The summed E-state index contributed by atoms with van der Waals surface area (Å²) in [6.45, 7) is 26.0. The van der Waals surface area contributed by atoms with Gasteiger partial charge < -0.3 is 133 Å². The molecule has 0 spiro atoms. The maximum atomic E-state index is 15.3. The van der Waals surface area contributed by atoms with Crippen LogP contribution in [0.3, 0.4) is 0 Å². The summed E-state index contributed by atoms with van der Waals surface area (Å²) in [6.07, 6.45) is 8.37. The zero-order chi connectivity index (χ0) is 106. The number of esters is 3. The van der Waals surface area contributed by atoms with E-state index in [1.165, 1.54) is 152 Å². The Morgan fingerprint density at radius 2 is 0.833 bits per heavy atom. The molecule has 2 unspecified atom stereocenters. The first kappa shape index (κ1) is 127. The van der Waals surface area contributed by atoms with Crippen molar-refractivity contribution in [2.45, 2.75) is 299 Å². The van der Waals surface area contributed by atoms with E-state index < -0.39 is 199 Å². The Morgan fingerprint density at radius 1 is 0.479 bits per heavy atom. The molecule has 1 aromatic carbocycles. The molecule has 0 aliphatic carbocycles. The number of phosphoric ester groups is 2. The fourth-order valence-electron chi connectivity index (χ4n) is 14.5. The minimum absolute atomic E-state index is 0. The molecule has 18 atom stereocenters. The van der Waals surface area contributed by atoms with Crippen LogP contribution in [-0.2, 0) is 114 Å². The van der Waals surface area contributed by atoms with Gasteiger partial charge in [-0.1, -0.05) is 188 Å². The van der Waals surface area contributed by atoms with Gasteiger partial charge in [0.05, 0.1) is 74.7 Å². The van der Waals surface area contributed by atoms with Crippen LogP contribution >= 0.6 is 62.0 Å². The van der Waals surface area contributed by atoms with Gasteiger partial charge in [0.25, 0.3) is 7.82 Å². The molecule has 9 rings (SSSR count). The zero-order valence-electron chi connectivity index (χ0n) is 83.0. The molecule has 11 N–H and O–H groups in total. The molecule has 808 valence electrons. The molecule has 8 aliphatic heterocycles. The predicted molar refractivity (Wildman–Crippen MR) is 521 cm³/mol. The molecule has 0 bridgehead atoms. The van der Waals surface area contributed by atoms with Crippen LogP contribution in [0.15, 0.2) is 149 Å². The summed E-state index contributed by atoms with van der Waals surface area (Å²) < 4.78 is 181. The second kappa shape index (κ2) is 63.2. The van der Waals surface area contributed by atoms with Crippen LogP contribution in [0.4, 0.5) is 27.2 Å². The Labute approximate surface area is 880 Å². The maximum absolute atomic E-state index is 15.3. The van der Waals surface area contributed by atoms with Crippen LogP contribution in [-0.4, -0.2) is 287 Å². The Morgan fingerprint density at radius 3 is 1.19 bits per heavy atom. The number of rotatable bonds is 55. The van der Waals surface area contributed by atoms with Crippen LogP contribution in [0.1, 0.15) is 183 Å². The third-order valence-electron chi connectivity index (χ3n) is 22.5. The number of alkyl halides is 8. The first-order chi connectivity index (χ1) is 67.8. The number of unbranched alkanes of at least 4 members (excludes halogenated alkanes) is 15. The maximum Gasteiger partial charge on any atom is 1.00 e. The van der Waals surface area contributed by atoms with Gasteiger partial charge in [0.1, 0.15) is 101 Å². The van der Waals surface area contributed by atoms with Crippen LogP contribution in [0.2, 0.25) is 0 Å². The number of ether oxygens (including phenoxy) is 13. The van der Waals surface area contributed by atoms with Crippen molar-refractivity contribution in [1.82, 2.24) is 19.6 Å². The smallest absolute Gasteiger partial charge is 0.756 e. The number of benzene rings is 1. The number of aliphatic hydroxyl groups excluding tert-OH is 3. The summed E-state index contributed by atoms with van der Waals surface area (Å²) in [5.74, 6) is -2.42. The molecule has 144 heavy (non-hydrogen) atoms. The Hall–Kier alpha value is -7.09. The van der Waals surface area contributed by atoms with Crippen LogP contribution in [0.25, 0.3) is 0 Å². The summed E-state index contributed by atoms with van der Waals surface area (Å²) in [7, 11) is -9.74. The Kier molecular flexibility index (Phi) is 55.9. The molecule has 0 saturated carbocycles. The normalized spacial score (nSPS) is 26.6. The molecule has 0 aromatic heterocycles. The number of amidine groups is 4. The van der Waals surface area contributed by atoms with Gasteiger partial charge in [-0.25, -0.2) is 60.7 Å². The molecule has 4 saturated heterocycles. The summed E-state index contributed by atoms with van der Waals surface area (Å²) in [4.78, 5) is 92.0. The molecular weight excluding hydrogens is 2040 g/mol. The van der Waals surface area contributed by atoms with Gasteiger partial charge in [-0.2, -0.15) is 0 Å². The summed E-state index contributed by atoms with van der Waals surface area (Å²) in [5.41, 5.74) is 16.3. The summed E-state index contributed by atoms with van der Waals surface area (Å²) >= 11 is 24.1. The Bertz CT molecular complexity index is 4600. The number of aliphatic imine (C=N–C) groups is 4. The summed E-state index contributed by atoms with van der Waals surface area (Å²) in [5, 5.41) is 31.7. The second-order valence-corrected chi connectivity index (χ2v) is 39.0. The van der Waals surface area contributed by atoms with Gasteiger partial charge in [-0.05, 0) is 64.0 Å². The Balaban J connectivity index is 0.000000353. The molecule has 1 aromatic rings. The number of nitrogens with zero attached hydrogens (tertiary/aromatic N) is 8. The van der Waals surface area contributed by atoms with E-state index in [-0.39, 0.29) is 140 Å². The number of hydrogen-bond donors (Lipinski definition) is 7. The van der Waals surface area contributed by atoms with Gasteiger partial charge >= 0.3 is 67.6 Å². The number of aliphatic hydroxyl groups is 3. The minimum Gasteiger partial charge on any atom is -0.756 e. The van der Waals surface area contributed by atoms with E-state index in [1.54, 1.807) is 55.4 Å². The van der Waals surface area contributed by atoms with E-state index in [2.05, 4.69) is 62.7 Å². The van der Waals surface area contributed by atoms with Gasteiger partial charge in [0.2, 0.25) is 13.6 Å². The fraction of sp³-hybridized carbons (Fsp3) is 0.663. The van der Waals surface area contributed by atoms with Crippen molar-refractivity contribution in [3.8, 4) is 0 Å². The van der Waals surface area contributed by atoms with Crippen molar-refractivity contribution < 1.29 is 185 Å². The number of hydrogen-bond acceptors (Lipinski definition) is 41. The molecule has 8 aliphatic rings. The molecule has 4 fully saturated rings. The molecular formula is C92H139Cl4F4N12NaO29P2. The van der Waals surface area contributed by atoms with E-state index in [4.69, 9.17) is 144 Å². The third kappa shape index (κ3) is 39.4. The van der Waals surface area contributed by atoms with E-state index in [9.17, 15) is 57.7 Å². The zero-order valence-corrected chi connectivity index (χ0v) is 89.8. The molecule has 52 heteroatoms. The number of halogens is 8. The fourth-order valence-corrected chi connectivity index (χ4v) is 17.4. The number of carbonyl (C=O) groups is 5. The average molecular weight is 2180 g/mol. The molecule has 41 nitrogen and oxygen atoms in total. The quantitative estimate of drug-likeness (QED) is 0.00465. The van der Waals surface area contributed by atoms with Crippen molar-refractivity contribution in [3.63, 3.8) is 0 Å². The number of nitrogens with two attached hydrogens (primary N) is 4. The van der Waals surface area contributed by atoms with E-state index in [0.29, 0.717) is 6.61 Å². The molecule has 0 radical (unpaired) electrons. The van der Waals surface area contributed by atoms with Crippen LogP contribution in [0, 0.1) is 5.92 Å². The van der Waals surface area contributed by atoms with Crippen molar-refractivity contribution in [2.75, 3.05) is 83.4 Å². The average Bonchev–Trinajstić information content (AvgIpc) is 1.61. The van der Waals surface area contributed by atoms with Crippen molar-refractivity contribution in [2.24, 2.45) is 48.8 Å². The first-order valence-electron chi connectivity index (χ1n) is 46.9. The topological polar surface area (TPSA) is 536 Å². The van der Waals surface area contributed by atoms with Crippen molar-refractivity contribution in [1.29, 1.82) is 0 Å². The van der Waals surface area contributed by atoms with Gasteiger partial charge in [0.15, 0.2) is 61.3 Å². The van der Waals surface area contributed by atoms with Crippen LogP contribution in [0.5, 0.6) is 0 Å². The SMILES string of the molecule is C=C1N=C(N)C=CN1[C@@H]1O[C@](CCl)(COC(=O)C(C)C)[C@@H](O)[C@H]1F.C=C1N=C(N)C=CN1[C@@H]1O[C@](CCl)(COC(=O)CC)[C@@H](OC(=O)CC)[C@H]1F.C=C1N=C(N)C=CN1[C@@H]1O[C@](CCl)(COP(=O)(OCOC(=O)OC(C)C)OCOC(=O)OC(C)C)[C@@H](O)[C@H]1F.C=C1N=C(N)C=CN1[C@@H]1O[C@](CCl)(COP(=O)([O-])OCC(COCCCCCCCCCCCCCCCCCC)OCc2ccccc2)[C@@H](O)[C@H]1F.[Na+]. The number of carbonyl (C=O) groups excluding carboxylic acids is 5. The van der Waals surface area contributed by atoms with E-state index >= 15 is 13.2 Å². The third-order valence-corrected chi connectivity index (χ3v) is 26.5. The predicted octanol–water partition coefficient (Wildman–Crippen LogP) is 10.4. The van der Waals surface area contributed by atoms with E-state index in [1.807, 2.05) is 30.3 Å². The number of phosphoric acid groups is 2. The first-order valence-corrected chi connectivity index (χ1v) is 52.0. The van der Waals surface area contributed by atoms with Crippen molar-refractivity contribution in [3.05, 3.63) is 135 Å². The monoisotopic (exact) mass is 2180 g/mol. The standard InChI is InChI=1S/C39H64ClFN3O8P.C21H32ClFN3O12P.C17H23ClFN3O5.C15H21ClFN3O4.Na/c1-3-4-5-6-7-8-9-10-11-12-13-14-15-16-17-21-26-48-28-34(49-27-33-22-19-18-20-23-33)29-50-53(46,47)51-31-39(30-40)37(45)36(41)38(52-39)44-25-24-35(42)43-32(44)2;1-12(2)36-19(28)31-10-34-39(30,35-11-32-20(29)37-13(3)4)33-9-21(8-22)17(27)16(23)18(38-21)26-7-6-15(24)25-14(26)5;1-4-12(23)25-9-17(8-18)15(26-13(24)5-2)14(19)16(27-17)22-7-6-11(20)21-10(22)3;1-8(2)14(22)23-7-15(6-16)12(21)11(17)13(24-15)20-5-4-10(18)19-9(20)3;/h18-20,22-25,34,36-38,45H,2-17,21,26-31H2,1H3,(H2,42,43)(H,46,47);6-7,12-13,16-18,27H,5,8-11H2,1-4H3,(H2,24,25);6-7,14-16H,3-5,8-9H2,1-2H3,(H2,20,21);4-5,8,11-13,21H,3,6-7H2,1-2H3,(H2,18,19);/q;;;;+1/p-1/t34?,36-,37+,38-,39-;16-,17+,18-,21-;14-,15+,16-,17-;11-,12+,13-,15-;/m1111./s1. The van der Waals surface area contributed by atoms with E-state index in [0.717, 1.165) is 24.8 Å². The molecule has 0 amide bonds. The van der Waals surface area contributed by atoms with Gasteiger partial charge in [-0.3, -0.25) is 23.5 Å². The van der Waals surface area contributed by atoms with Crippen molar-refractivity contribution >= 4 is 116 Å². The minimum atomic E-state index is -4.99. The van der Waals surface area contributed by atoms with Gasteiger partial charge in [0, 0.05) is 44.2 Å². The largest absolute Gasteiger partial charge is 1.00 e. The second-order valence-electron chi connectivity index (χ2n) is 34.8. The van der Waals surface area contributed by atoms with Gasteiger partial charge in [-0.15, -0.1) is 46.4 Å². The summed E-state index contributed by atoms with van der Waals surface area (Å²) in [6, 6.07) is 9.47.